The highest BCUT2D eigenvalue weighted by Crippen LogP contribution is 2.45. The van der Waals surface area contributed by atoms with Crippen LogP contribution in [-0.2, 0) is 4.74 Å². The van der Waals surface area contributed by atoms with Gasteiger partial charge in [0.2, 0.25) is 0 Å². The number of rotatable bonds is 3. The molecule has 1 aromatic carbocycles. The maximum Gasteiger partial charge on any atom is 0.123 e. The molecule has 98 valence electrons. The van der Waals surface area contributed by atoms with E-state index in [-0.39, 0.29) is 11.9 Å². The molecule has 0 radical (unpaired) electrons. The van der Waals surface area contributed by atoms with Gasteiger partial charge < -0.3 is 10.1 Å². The zero-order valence-electron chi connectivity index (χ0n) is 10.9. The molecule has 2 saturated heterocycles. The molecule has 2 fully saturated rings. The minimum atomic E-state index is -0.157. The first-order valence-corrected chi connectivity index (χ1v) is 6.78. The predicted molar refractivity (Wildman–Crippen MR) is 68.9 cm³/mol. The summed E-state index contributed by atoms with van der Waals surface area (Å²) in [5, 5.41) is 3.40. The Balaban J connectivity index is 1.88. The number of hydrogen-bond acceptors (Lipinski definition) is 2. The van der Waals surface area contributed by atoms with Crippen molar-refractivity contribution >= 4 is 0 Å². The summed E-state index contributed by atoms with van der Waals surface area (Å²) >= 11 is 0. The molecule has 0 spiro atoms. The van der Waals surface area contributed by atoms with Gasteiger partial charge in [0.15, 0.2) is 0 Å². The third kappa shape index (κ3) is 1.95. The molecule has 2 aliphatic heterocycles. The Kier molecular flexibility index (Phi) is 3.12. The standard InChI is InChI=1S/C15H20FNO/c1-9-7-10(16)3-5-12(9)15(17-2)13-8-11-4-6-14(13)18-11/h3,5,7,11,13-15,17H,4,6,8H2,1-2H3. The molecule has 2 bridgehead atoms. The fraction of sp³-hybridized carbons (Fsp3) is 0.600. The van der Waals surface area contributed by atoms with E-state index in [1.54, 1.807) is 12.1 Å². The van der Waals surface area contributed by atoms with Crippen LogP contribution in [0.25, 0.3) is 0 Å². The number of hydrogen-bond donors (Lipinski definition) is 1. The van der Waals surface area contributed by atoms with Crippen LogP contribution in [0.1, 0.15) is 36.4 Å². The lowest BCUT2D eigenvalue weighted by molar-refractivity contribution is 0.0862. The number of benzene rings is 1. The van der Waals surface area contributed by atoms with Crippen molar-refractivity contribution in [1.82, 2.24) is 5.32 Å². The molecule has 2 nitrogen and oxygen atoms in total. The summed E-state index contributed by atoms with van der Waals surface area (Å²) in [6.45, 7) is 1.98. The van der Waals surface area contributed by atoms with E-state index < -0.39 is 0 Å². The summed E-state index contributed by atoms with van der Waals surface area (Å²) in [6.07, 6.45) is 4.36. The molecule has 1 N–H and O–H groups in total. The molecule has 3 rings (SSSR count). The fourth-order valence-corrected chi connectivity index (χ4v) is 3.62. The van der Waals surface area contributed by atoms with E-state index in [0.29, 0.717) is 18.1 Å². The van der Waals surface area contributed by atoms with Crippen molar-refractivity contribution in [2.24, 2.45) is 5.92 Å². The molecule has 3 heteroatoms. The van der Waals surface area contributed by atoms with E-state index in [1.807, 2.05) is 20.0 Å². The summed E-state index contributed by atoms with van der Waals surface area (Å²) in [4.78, 5) is 0. The third-order valence-corrected chi connectivity index (χ3v) is 4.46. The topological polar surface area (TPSA) is 21.3 Å². The van der Waals surface area contributed by atoms with E-state index in [9.17, 15) is 4.39 Å². The maximum absolute atomic E-state index is 13.2. The van der Waals surface area contributed by atoms with Gasteiger partial charge in [0.1, 0.15) is 5.82 Å². The zero-order chi connectivity index (χ0) is 12.7. The Morgan fingerprint density at radius 3 is 2.78 bits per heavy atom. The zero-order valence-corrected chi connectivity index (χ0v) is 10.9. The lowest BCUT2D eigenvalue weighted by Gasteiger charge is -2.29. The van der Waals surface area contributed by atoms with Crippen molar-refractivity contribution in [2.45, 2.75) is 44.4 Å². The number of ether oxygens (including phenoxy) is 1. The smallest absolute Gasteiger partial charge is 0.123 e. The van der Waals surface area contributed by atoms with Crippen molar-refractivity contribution < 1.29 is 9.13 Å². The maximum atomic E-state index is 13.2. The van der Waals surface area contributed by atoms with Crippen molar-refractivity contribution in [2.75, 3.05) is 7.05 Å². The highest BCUT2D eigenvalue weighted by molar-refractivity contribution is 5.30. The average Bonchev–Trinajstić information content (AvgIpc) is 2.95. The number of halogens is 1. The molecule has 0 aromatic heterocycles. The van der Waals surface area contributed by atoms with Crippen LogP contribution in [0.3, 0.4) is 0 Å². The molecule has 4 atom stereocenters. The molecule has 0 aliphatic carbocycles. The molecular weight excluding hydrogens is 229 g/mol. The second-order valence-corrected chi connectivity index (χ2v) is 5.54. The van der Waals surface area contributed by atoms with E-state index in [2.05, 4.69) is 5.32 Å². The summed E-state index contributed by atoms with van der Waals surface area (Å²) in [6, 6.07) is 5.37. The van der Waals surface area contributed by atoms with Crippen molar-refractivity contribution in [3.63, 3.8) is 0 Å². The molecule has 0 saturated carbocycles. The minimum Gasteiger partial charge on any atom is -0.375 e. The van der Waals surface area contributed by atoms with Crippen molar-refractivity contribution in [3.05, 3.63) is 35.1 Å². The second-order valence-electron chi connectivity index (χ2n) is 5.54. The molecule has 2 heterocycles. The largest absolute Gasteiger partial charge is 0.375 e. The highest BCUT2D eigenvalue weighted by Gasteiger charge is 2.44. The monoisotopic (exact) mass is 249 g/mol. The van der Waals surface area contributed by atoms with Gasteiger partial charge in [0, 0.05) is 12.0 Å². The van der Waals surface area contributed by atoms with Crippen LogP contribution in [-0.4, -0.2) is 19.3 Å². The van der Waals surface area contributed by atoms with Crippen LogP contribution in [0.2, 0.25) is 0 Å². The predicted octanol–water partition coefficient (Wildman–Crippen LogP) is 2.96. The van der Waals surface area contributed by atoms with Gasteiger partial charge in [-0.1, -0.05) is 6.07 Å². The van der Waals surface area contributed by atoms with Crippen LogP contribution >= 0.6 is 0 Å². The molecular formula is C15H20FNO. The van der Waals surface area contributed by atoms with Crippen LogP contribution in [0.15, 0.2) is 18.2 Å². The van der Waals surface area contributed by atoms with Crippen molar-refractivity contribution in [1.29, 1.82) is 0 Å². The summed E-state index contributed by atoms with van der Waals surface area (Å²) in [5.41, 5.74) is 2.23. The first-order chi connectivity index (χ1) is 8.69. The van der Waals surface area contributed by atoms with Crippen molar-refractivity contribution in [3.8, 4) is 0 Å². The van der Waals surface area contributed by atoms with Crippen LogP contribution in [0.4, 0.5) is 4.39 Å². The van der Waals surface area contributed by atoms with Gasteiger partial charge in [-0.15, -0.1) is 0 Å². The Hall–Kier alpha value is -0.930. The fourth-order valence-electron chi connectivity index (χ4n) is 3.62. The van der Waals surface area contributed by atoms with Crippen LogP contribution in [0.5, 0.6) is 0 Å². The molecule has 4 unspecified atom stereocenters. The first-order valence-electron chi connectivity index (χ1n) is 6.78. The van der Waals surface area contributed by atoms with Gasteiger partial charge in [0.05, 0.1) is 12.2 Å². The Bertz CT molecular complexity index is 448. The summed E-state index contributed by atoms with van der Waals surface area (Å²) in [7, 11) is 1.99. The van der Waals surface area contributed by atoms with Gasteiger partial charge >= 0.3 is 0 Å². The second kappa shape index (κ2) is 4.63. The van der Waals surface area contributed by atoms with E-state index in [0.717, 1.165) is 12.0 Å². The molecule has 1 aromatic rings. The van der Waals surface area contributed by atoms with E-state index >= 15 is 0 Å². The number of nitrogens with one attached hydrogen (secondary N) is 1. The van der Waals surface area contributed by atoms with Gasteiger partial charge in [-0.2, -0.15) is 0 Å². The number of fused-ring (bicyclic) bond motifs is 2. The van der Waals surface area contributed by atoms with E-state index in [4.69, 9.17) is 4.74 Å². The van der Waals surface area contributed by atoms with Crippen LogP contribution in [0, 0.1) is 18.7 Å². The molecule has 18 heavy (non-hydrogen) atoms. The number of aryl methyl sites for hydroxylation is 1. The van der Waals surface area contributed by atoms with Gasteiger partial charge in [-0.05, 0) is 56.5 Å². The van der Waals surface area contributed by atoms with Gasteiger partial charge in [-0.25, -0.2) is 4.39 Å². The lowest BCUT2D eigenvalue weighted by atomic mass is 9.80. The quantitative estimate of drug-likeness (QED) is 0.889. The third-order valence-electron chi connectivity index (χ3n) is 4.46. The minimum absolute atomic E-state index is 0.157. The van der Waals surface area contributed by atoms with Gasteiger partial charge in [-0.3, -0.25) is 0 Å². The summed E-state index contributed by atoms with van der Waals surface area (Å²) in [5.74, 6) is 0.369. The van der Waals surface area contributed by atoms with E-state index in [1.165, 1.54) is 18.4 Å². The normalized spacial score (nSPS) is 31.8. The Morgan fingerprint density at radius 1 is 1.39 bits per heavy atom. The first kappa shape index (κ1) is 12.1. The molecule has 2 aliphatic rings. The summed E-state index contributed by atoms with van der Waals surface area (Å²) < 4.78 is 19.1. The average molecular weight is 249 g/mol. The lowest BCUT2D eigenvalue weighted by Crippen LogP contribution is -2.32. The Labute approximate surface area is 108 Å². The van der Waals surface area contributed by atoms with Crippen LogP contribution < -0.4 is 5.32 Å². The highest BCUT2D eigenvalue weighted by atomic mass is 19.1. The molecule has 0 amide bonds. The Morgan fingerprint density at radius 2 is 2.22 bits per heavy atom. The van der Waals surface area contributed by atoms with Gasteiger partial charge in [0.25, 0.3) is 0 Å². The SMILES string of the molecule is CNC(c1ccc(F)cc1C)C1CC2CCC1O2.